The highest BCUT2D eigenvalue weighted by atomic mass is 32.2. The van der Waals surface area contributed by atoms with Crippen molar-refractivity contribution in [3.8, 4) is 17.2 Å². The number of imide groups is 1. The van der Waals surface area contributed by atoms with Crippen LogP contribution >= 0.6 is 11.8 Å². The molecule has 1 unspecified atom stereocenters. The van der Waals surface area contributed by atoms with Crippen LogP contribution in [0.2, 0.25) is 0 Å². The number of carbonyl (C=O) groups excluding carboxylic acids is 2. The Kier molecular flexibility index (Phi) is 6.38. The van der Waals surface area contributed by atoms with Crippen molar-refractivity contribution in [2.45, 2.75) is 11.7 Å². The van der Waals surface area contributed by atoms with Crippen LogP contribution < -0.4 is 14.8 Å². The molecule has 3 aromatic rings. The number of hydrogen-bond acceptors (Lipinski definition) is 5. The number of methoxy groups -OCH3 is 1. The largest absolute Gasteiger partial charge is 0.497 e. The maximum Gasteiger partial charge on any atom is 0.286 e. The van der Waals surface area contributed by atoms with Gasteiger partial charge in [-0.3, -0.25) is 14.9 Å². The molecule has 2 amide bonds. The van der Waals surface area contributed by atoms with Gasteiger partial charge in [-0.2, -0.15) is 0 Å². The molecule has 0 radical (unpaired) electrons. The second-order valence-corrected chi connectivity index (χ2v) is 8.18. The zero-order valence-corrected chi connectivity index (χ0v) is 17.7. The van der Waals surface area contributed by atoms with E-state index in [9.17, 15) is 9.59 Å². The van der Waals surface area contributed by atoms with E-state index in [1.54, 1.807) is 7.11 Å². The first kappa shape index (κ1) is 20.8. The van der Waals surface area contributed by atoms with Crippen LogP contribution in [0.5, 0.6) is 17.2 Å². The van der Waals surface area contributed by atoms with Crippen LogP contribution in [0, 0.1) is 0 Å². The van der Waals surface area contributed by atoms with E-state index in [2.05, 4.69) is 5.32 Å². The number of amides is 2. The van der Waals surface area contributed by atoms with Gasteiger partial charge in [0.05, 0.1) is 12.4 Å². The second-order valence-electron chi connectivity index (χ2n) is 7.01. The lowest BCUT2D eigenvalue weighted by molar-refractivity contribution is -0.118. The van der Waals surface area contributed by atoms with Crippen molar-refractivity contribution >= 4 is 35.1 Å². The molecule has 1 N–H and O–H groups in total. The lowest BCUT2D eigenvalue weighted by Gasteiger charge is -2.08. The van der Waals surface area contributed by atoms with Crippen molar-refractivity contribution in [2.24, 2.45) is 0 Å². The molecule has 156 valence electrons. The molecule has 1 aliphatic rings. The maximum absolute atomic E-state index is 11.7. The van der Waals surface area contributed by atoms with E-state index in [4.69, 9.17) is 9.47 Å². The summed E-state index contributed by atoms with van der Waals surface area (Å²) in [6.07, 6.45) is 4.60. The summed E-state index contributed by atoms with van der Waals surface area (Å²) in [6, 6.07) is 23.3. The Morgan fingerprint density at radius 1 is 0.806 bits per heavy atom. The molecule has 0 aromatic heterocycles. The maximum atomic E-state index is 11.7. The predicted octanol–water partition coefficient (Wildman–Crippen LogP) is 5.55. The first-order valence-electron chi connectivity index (χ1n) is 9.79. The number of carbonyl (C=O) groups is 2. The van der Waals surface area contributed by atoms with Crippen LogP contribution in [0.3, 0.4) is 0 Å². The van der Waals surface area contributed by atoms with Gasteiger partial charge >= 0.3 is 0 Å². The number of ether oxygens (including phenoxy) is 2. The molecule has 1 atom stereocenters. The van der Waals surface area contributed by atoms with Crippen LogP contribution in [-0.4, -0.2) is 23.5 Å². The summed E-state index contributed by atoms with van der Waals surface area (Å²) >= 11 is 1.04. The van der Waals surface area contributed by atoms with E-state index in [0.29, 0.717) is 12.2 Å². The fourth-order valence-electron chi connectivity index (χ4n) is 3.13. The summed E-state index contributed by atoms with van der Waals surface area (Å²) in [5.41, 5.74) is 3.15. The molecule has 0 saturated carbocycles. The van der Waals surface area contributed by atoms with Gasteiger partial charge < -0.3 is 9.47 Å². The zero-order valence-electron chi connectivity index (χ0n) is 16.9. The Morgan fingerprint density at radius 3 is 1.81 bits per heavy atom. The molecular formula is C25H21NO4S. The number of nitrogens with one attached hydrogen (secondary N) is 1. The summed E-state index contributed by atoms with van der Waals surface area (Å²) < 4.78 is 11.1. The first-order chi connectivity index (χ1) is 15.1. The van der Waals surface area contributed by atoms with Gasteiger partial charge in [-0.15, -0.1) is 0 Å². The van der Waals surface area contributed by atoms with E-state index in [0.717, 1.165) is 40.0 Å². The molecule has 31 heavy (non-hydrogen) atoms. The minimum absolute atomic E-state index is 0.226. The van der Waals surface area contributed by atoms with Crippen LogP contribution in [0.15, 0.2) is 72.8 Å². The quantitative estimate of drug-likeness (QED) is 0.497. The molecule has 5 nitrogen and oxygen atoms in total. The molecule has 1 saturated heterocycles. The Balaban J connectivity index is 1.33. The molecule has 1 fully saturated rings. The van der Waals surface area contributed by atoms with Gasteiger partial charge in [0.1, 0.15) is 17.2 Å². The highest BCUT2D eigenvalue weighted by Crippen LogP contribution is 2.26. The van der Waals surface area contributed by atoms with E-state index in [1.807, 2.05) is 84.9 Å². The molecule has 3 aromatic carbocycles. The zero-order chi connectivity index (χ0) is 21.6. The van der Waals surface area contributed by atoms with Gasteiger partial charge in [-0.05, 0) is 59.5 Å². The van der Waals surface area contributed by atoms with Gasteiger partial charge in [-0.25, -0.2) is 0 Å². The fraction of sp³-hybridized carbons (Fsp3) is 0.120. The number of thioether (sulfide) groups is 1. The molecule has 0 spiro atoms. The van der Waals surface area contributed by atoms with Crippen LogP contribution in [0.1, 0.15) is 16.7 Å². The van der Waals surface area contributed by atoms with Crippen molar-refractivity contribution < 1.29 is 19.1 Å². The van der Waals surface area contributed by atoms with E-state index in [-0.39, 0.29) is 16.4 Å². The number of hydrogen-bond donors (Lipinski definition) is 1. The Bertz CT molecular complexity index is 1090. The van der Waals surface area contributed by atoms with Crippen molar-refractivity contribution in [1.29, 1.82) is 0 Å². The topological polar surface area (TPSA) is 64.6 Å². The summed E-state index contributed by atoms with van der Waals surface area (Å²) in [5.74, 6) is 2.07. The number of benzene rings is 3. The van der Waals surface area contributed by atoms with Gasteiger partial charge in [0.2, 0.25) is 5.91 Å². The van der Waals surface area contributed by atoms with E-state index in [1.165, 1.54) is 0 Å². The average molecular weight is 432 g/mol. The molecule has 1 heterocycles. The van der Waals surface area contributed by atoms with Crippen molar-refractivity contribution in [3.63, 3.8) is 0 Å². The minimum atomic E-state index is -0.363. The van der Waals surface area contributed by atoms with Crippen LogP contribution in [0.4, 0.5) is 4.79 Å². The SMILES string of the molecule is COc1ccc(/C=C/c2ccc(Oc3ccc(CC4SC(=O)NC4=O)cc3)cc2)cc1. The molecular weight excluding hydrogens is 410 g/mol. The van der Waals surface area contributed by atoms with E-state index >= 15 is 0 Å². The molecule has 0 bridgehead atoms. The standard InChI is InChI=1S/C25H21NO4S/c1-29-20-10-4-17(5-11-20)2-3-18-6-12-21(13-7-18)30-22-14-8-19(9-15-22)16-23-24(27)26-25(28)31-23/h2-15,23H,16H2,1H3,(H,26,27,28)/b3-2+. The van der Waals surface area contributed by atoms with Gasteiger partial charge in [0.15, 0.2) is 0 Å². The third kappa shape index (κ3) is 5.55. The summed E-state index contributed by atoms with van der Waals surface area (Å²) in [6.45, 7) is 0. The van der Waals surface area contributed by atoms with Gasteiger partial charge in [-0.1, -0.05) is 60.3 Å². The second kappa shape index (κ2) is 9.53. The van der Waals surface area contributed by atoms with Gasteiger partial charge in [0, 0.05) is 0 Å². The molecule has 1 aliphatic heterocycles. The Hall–Kier alpha value is -3.51. The molecule has 0 aliphatic carbocycles. The van der Waals surface area contributed by atoms with Gasteiger partial charge in [0.25, 0.3) is 5.24 Å². The predicted molar refractivity (Wildman–Crippen MR) is 124 cm³/mol. The van der Waals surface area contributed by atoms with Crippen molar-refractivity contribution in [1.82, 2.24) is 5.32 Å². The summed E-state index contributed by atoms with van der Waals surface area (Å²) in [5, 5.41) is 1.67. The first-order valence-corrected chi connectivity index (χ1v) is 10.7. The molecule has 6 heteroatoms. The lowest BCUT2D eigenvalue weighted by Crippen LogP contribution is -2.25. The van der Waals surface area contributed by atoms with Crippen molar-refractivity contribution in [3.05, 3.63) is 89.5 Å². The van der Waals surface area contributed by atoms with Crippen LogP contribution in [-0.2, 0) is 11.2 Å². The van der Waals surface area contributed by atoms with Crippen molar-refractivity contribution in [2.75, 3.05) is 7.11 Å². The average Bonchev–Trinajstić information content (AvgIpc) is 3.11. The Morgan fingerprint density at radius 2 is 1.32 bits per heavy atom. The Labute approximate surface area is 185 Å². The third-order valence-corrected chi connectivity index (χ3v) is 5.79. The highest BCUT2D eigenvalue weighted by molar-refractivity contribution is 8.15. The summed E-state index contributed by atoms with van der Waals surface area (Å²) in [4.78, 5) is 23.0. The summed E-state index contributed by atoms with van der Waals surface area (Å²) in [7, 11) is 1.65. The minimum Gasteiger partial charge on any atom is -0.497 e. The number of rotatable bonds is 7. The third-order valence-electron chi connectivity index (χ3n) is 4.81. The normalized spacial score (nSPS) is 15.8. The lowest BCUT2D eigenvalue weighted by atomic mass is 10.1. The fourth-order valence-corrected chi connectivity index (χ4v) is 3.99. The monoisotopic (exact) mass is 431 g/mol. The molecule has 4 rings (SSSR count). The van der Waals surface area contributed by atoms with E-state index < -0.39 is 0 Å². The van der Waals surface area contributed by atoms with Crippen LogP contribution in [0.25, 0.3) is 12.2 Å². The highest BCUT2D eigenvalue weighted by Gasteiger charge is 2.31. The smallest absolute Gasteiger partial charge is 0.286 e.